The van der Waals surface area contributed by atoms with E-state index < -0.39 is 27.3 Å². The minimum atomic E-state index is -3.97. The van der Waals surface area contributed by atoms with Crippen molar-refractivity contribution in [2.75, 3.05) is 38.7 Å². The number of likely N-dealkylation sites (N-methyl/N-ethyl adjacent to an activating group) is 1. The van der Waals surface area contributed by atoms with Crippen molar-refractivity contribution in [3.05, 3.63) is 70.3 Å². The number of fused-ring (bicyclic) bond motifs is 4. The maximum Gasteiger partial charge on any atom is 0.264 e. The molecule has 7 atom stereocenters. The molecule has 0 aromatic heterocycles. The Morgan fingerprint density at radius 1 is 1.18 bits per heavy atom. The lowest BCUT2D eigenvalue weighted by molar-refractivity contribution is -0.148. The second-order valence-electron chi connectivity index (χ2n) is 14.8. The van der Waals surface area contributed by atoms with Gasteiger partial charge >= 0.3 is 0 Å². The van der Waals surface area contributed by atoms with Crippen LogP contribution >= 0.6 is 11.6 Å². The third-order valence-electron chi connectivity index (χ3n) is 11.4. The van der Waals surface area contributed by atoms with Gasteiger partial charge in [-0.15, -0.1) is 0 Å². The topological polar surface area (TPSA) is 105 Å². The molecule has 1 N–H and O–H groups in total. The summed E-state index contributed by atoms with van der Waals surface area (Å²) in [6, 6.07) is 11.4. The van der Waals surface area contributed by atoms with Crippen LogP contribution in [0.4, 0.5) is 5.69 Å². The fraction of sp³-hybridized carbons (Fsp3) is 0.579. The number of rotatable bonds is 4. The Kier molecular flexibility index (Phi) is 10.4. The first-order valence-electron chi connectivity index (χ1n) is 17.7. The molecule has 2 aliphatic heterocycles. The van der Waals surface area contributed by atoms with Gasteiger partial charge in [0.25, 0.3) is 11.8 Å². The molecule has 2 amide bonds. The number of anilines is 1. The molecule has 0 radical (unpaired) electrons. The zero-order valence-electron chi connectivity index (χ0n) is 29.3. The zero-order chi connectivity index (χ0) is 35.1. The molecule has 2 heterocycles. The number of sulfonamides is 1. The Labute approximate surface area is 296 Å². The first kappa shape index (κ1) is 35.7. The van der Waals surface area contributed by atoms with Gasteiger partial charge in [-0.2, -0.15) is 0 Å². The summed E-state index contributed by atoms with van der Waals surface area (Å²) in [5, 5.41) is -0.0913. The van der Waals surface area contributed by atoms with E-state index in [9.17, 15) is 18.0 Å². The highest BCUT2D eigenvalue weighted by Gasteiger charge is 2.45. The minimum Gasteiger partial charge on any atom is -0.490 e. The molecule has 4 aliphatic rings. The van der Waals surface area contributed by atoms with E-state index in [0.29, 0.717) is 38.3 Å². The number of hydrogen-bond acceptors (Lipinski definition) is 7. The highest BCUT2D eigenvalue weighted by molar-refractivity contribution is 7.90. The van der Waals surface area contributed by atoms with E-state index in [0.717, 1.165) is 42.8 Å². The number of amides is 2. The number of hydrogen-bond donors (Lipinski definition) is 1. The average Bonchev–Trinajstić information content (AvgIpc) is 3.20. The van der Waals surface area contributed by atoms with Crippen molar-refractivity contribution in [2.24, 2.45) is 17.8 Å². The van der Waals surface area contributed by atoms with Crippen LogP contribution in [0.1, 0.15) is 80.8 Å². The highest BCUT2D eigenvalue weighted by atomic mass is 35.5. The fourth-order valence-electron chi connectivity index (χ4n) is 8.09. The van der Waals surface area contributed by atoms with Gasteiger partial charge in [-0.05, 0) is 111 Å². The maximum absolute atomic E-state index is 13.5. The van der Waals surface area contributed by atoms with E-state index in [1.54, 1.807) is 44.1 Å². The molecule has 49 heavy (non-hydrogen) atoms. The number of nitrogens with zero attached hydrogens (tertiary/aromatic N) is 2. The molecular weight excluding hydrogens is 662 g/mol. The molecule has 2 bridgehead atoms. The number of aryl methyl sites for hydroxylation is 1. The summed E-state index contributed by atoms with van der Waals surface area (Å²) in [7, 11) is -0.477. The quantitative estimate of drug-likeness (QED) is 0.381. The monoisotopic (exact) mass is 711 g/mol. The molecule has 2 aromatic carbocycles. The Morgan fingerprint density at radius 3 is 2.69 bits per heavy atom. The van der Waals surface area contributed by atoms with E-state index >= 15 is 0 Å². The summed E-state index contributed by atoms with van der Waals surface area (Å²) >= 11 is 6.45. The first-order chi connectivity index (χ1) is 23.3. The zero-order valence-corrected chi connectivity index (χ0v) is 30.9. The molecule has 2 aliphatic carbocycles. The Hall–Kier alpha value is -3.08. The number of allylic oxidation sites excluding steroid dienone is 1. The summed E-state index contributed by atoms with van der Waals surface area (Å²) in [5.41, 5.74) is 3.25. The van der Waals surface area contributed by atoms with Crippen molar-refractivity contribution < 1.29 is 27.5 Å². The van der Waals surface area contributed by atoms with Crippen molar-refractivity contribution in [1.82, 2.24) is 9.62 Å². The lowest BCUT2D eigenvalue weighted by Gasteiger charge is -2.46. The van der Waals surface area contributed by atoms with E-state index in [1.807, 2.05) is 32.1 Å². The van der Waals surface area contributed by atoms with Gasteiger partial charge in [-0.1, -0.05) is 43.7 Å². The van der Waals surface area contributed by atoms with Gasteiger partial charge in [0.2, 0.25) is 10.0 Å². The summed E-state index contributed by atoms with van der Waals surface area (Å²) in [6.45, 7) is 7.33. The highest BCUT2D eigenvalue weighted by Crippen LogP contribution is 2.47. The van der Waals surface area contributed by atoms with Gasteiger partial charge in [-0.3, -0.25) is 9.59 Å². The molecule has 0 saturated heterocycles. The average molecular weight is 712 g/mol. The second-order valence-corrected chi connectivity index (χ2v) is 17.3. The number of carbonyl (C=O) groups is 2. The van der Waals surface area contributed by atoms with Crippen LogP contribution < -0.4 is 14.4 Å². The van der Waals surface area contributed by atoms with Crippen molar-refractivity contribution in [3.8, 4) is 5.75 Å². The van der Waals surface area contributed by atoms with Gasteiger partial charge in [0, 0.05) is 43.2 Å². The van der Waals surface area contributed by atoms with Crippen LogP contribution in [0.2, 0.25) is 5.02 Å². The summed E-state index contributed by atoms with van der Waals surface area (Å²) in [5.74, 6) is 0.126. The van der Waals surface area contributed by atoms with Crippen molar-refractivity contribution in [2.45, 2.75) is 88.6 Å². The smallest absolute Gasteiger partial charge is 0.264 e. The second kappa shape index (κ2) is 14.3. The molecule has 0 unspecified atom stereocenters. The predicted octanol–water partition coefficient (Wildman–Crippen LogP) is 6.14. The fourth-order valence-corrected chi connectivity index (χ4v) is 9.57. The van der Waals surface area contributed by atoms with Gasteiger partial charge < -0.3 is 19.3 Å². The molecule has 1 saturated carbocycles. The number of ether oxygens (including phenoxy) is 2. The predicted molar refractivity (Wildman–Crippen MR) is 193 cm³/mol. The van der Waals surface area contributed by atoms with Crippen LogP contribution in [-0.4, -0.2) is 76.4 Å². The molecule has 1 spiro atoms. The number of nitrogens with one attached hydrogen (secondary N) is 1. The van der Waals surface area contributed by atoms with E-state index in [-0.39, 0.29) is 40.7 Å². The van der Waals surface area contributed by atoms with Crippen LogP contribution in [0.5, 0.6) is 5.75 Å². The molecule has 9 nitrogen and oxygen atoms in total. The Bertz CT molecular complexity index is 1710. The molecular formula is C38H50ClN3O6S. The van der Waals surface area contributed by atoms with Gasteiger partial charge in [0.05, 0.1) is 23.6 Å². The standard InChI is InChI=1S/C38H50ClN3O6S/c1-6-33(37(44)41(4)5)48-34-11-7-9-24(2)25(3)49(45,46)40-36(43)27-13-17-35-32(20-27)42(21-28-12-15-30(28)34)22-38(23-47-35)18-8-10-26-19-29(39)14-16-31(26)38/h7,11,13-14,16-17,19-20,24-25,28,30,33-34H,6,8-10,12,15,18,21-23H2,1-5H3,(H,40,43)/b11-7+/t24-,25+,28-,30+,33-,34-,38-/m0/s1. The SMILES string of the molecule is CC[C@H](O[C@H]1/C=C/C[C@H](C)[C@@H](C)S(=O)(=O)NC(=O)c2ccc3c(c2)N(C[C@@H]2CC[C@H]21)C[C@@]1(CCCc2cc(Cl)ccc21)CO3)C(=O)N(C)C. The number of halogens is 1. The summed E-state index contributed by atoms with van der Waals surface area (Å²) in [4.78, 5) is 30.6. The lowest BCUT2D eigenvalue weighted by atomic mass is 9.68. The molecule has 11 heteroatoms. The molecule has 1 fully saturated rings. The molecule has 6 rings (SSSR count). The van der Waals surface area contributed by atoms with E-state index in [4.69, 9.17) is 21.1 Å². The minimum absolute atomic E-state index is 0.0631. The van der Waals surface area contributed by atoms with Crippen LogP contribution in [0.25, 0.3) is 0 Å². The Balaban J connectivity index is 1.42. The number of benzene rings is 2. The molecule has 2 aromatic rings. The lowest BCUT2D eigenvalue weighted by Crippen LogP contribution is -2.50. The third kappa shape index (κ3) is 7.24. The summed E-state index contributed by atoms with van der Waals surface area (Å²) < 4.78 is 42.5. The largest absolute Gasteiger partial charge is 0.490 e. The third-order valence-corrected chi connectivity index (χ3v) is 13.6. The normalized spacial score (nSPS) is 30.8. The first-order valence-corrected chi connectivity index (χ1v) is 19.6. The van der Waals surface area contributed by atoms with Crippen LogP contribution in [-0.2, 0) is 31.4 Å². The van der Waals surface area contributed by atoms with Crippen LogP contribution in [0.15, 0.2) is 48.6 Å². The van der Waals surface area contributed by atoms with E-state index in [1.165, 1.54) is 11.1 Å². The maximum atomic E-state index is 13.5. The molecule has 266 valence electrons. The van der Waals surface area contributed by atoms with Crippen molar-refractivity contribution in [3.63, 3.8) is 0 Å². The van der Waals surface area contributed by atoms with Crippen LogP contribution in [0.3, 0.4) is 0 Å². The number of carbonyl (C=O) groups excluding carboxylic acids is 2. The Morgan fingerprint density at radius 2 is 1.98 bits per heavy atom. The summed E-state index contributed by atoms with van der Waals surface area (Å²) in [6.07, 6.45) is 9.07. The van der Waals surface area contributed by atoms with Gasteiger partial charge in [0.1, 0.15) is 11.9 Å². The van der Waals surface area contributed by atoms with E-state index in [2.05, 4.69) is 21.8 Å². The van der Waals surface area contributed by atoms with Crippen molar-refractivity contribution >= 4 is 39.1 Å². The van der Waals surface area contributed by atoms with Crippen LogP contribution in [0, 0.1) is 17.8 Å². The van der Waals surface area contributed by atoms with Gasteiger partial charge in [0.15, 0.2) is 0 Å². The van der Waals surface area contributed by atoms with Crippen molar-refractivity contribution in [1.29, 1.82) is 0 Å². The van der Waals surface area contributed by atoms with Gasteiger partial charge in [-0.25, -0.2) is 13.1 Å².